The van der Waals surface area contributed by atoms with Crippen LogP contribution in [0.25, 0.3) is 0 Å². The van der Waals surface area contributed by atoms with Crippen LogP contribution in [0.5, 0.6) is 0 Å². The molecular weight excluding hydrogens is 429 g/mol. The average Bonchev–Trinajstić information content (AvgIpc) is 2.13. The maximum Gasteiger partial charge on any atom is 0.338 e. The lowest BCUT2D eigenvalue weighted by Crippen LogP contribution is -2.05. The lowest BCUT2D eigenvalue weighted by atomic mass is 10.2. The fourth-order valence-electron chi connectivity index (χ4n) is 0.888. The molecule has 0 N–H and O–H groups in total. The highest BCUT2D eigenvalue weighted by atomic mass is 127. The van der Waals surface area contributed by atoms with Gasteiger partial charge in [0.15, 0.2) is 0 Å². The summed E-state index contributed by atoms with van der Waals surface area (Å²) in [5.41, 5.74) is 0.502. The van der Waals surface area contributed by atoms with Crippen LogP contribution in [0.2, 0.25) is 5.02 Å². The number of halogens is 3. The highest BCUT2D eigenvalue weighted by Gasteiger charge is 2.11. The molecule has 1 rings (SSSR count). The second kappa shape index (κ2) is 5.50. The summed E-state index contributed by atoms with van der Waals surface area (Å²) < 4.78 is 6.79. The Labute approximate surface area is 115 Å². The standard InChI is InChI=1S/C9H7ClI2O2/c1-2-14-9(13)5-3-6(10)8(12)7(11)4-5/h3-4H,2H2,1H3. The SMILES string of the molecule is CCOC(=O)c1cc(Cl)c(I)c(I)c1. The summed E-state index contributed by atoms with van der Waals surface area (Å²) in [5, 5.41) is 0.584. The Balaban J connectivity index is 3.06. The molecule has 0 radical (unpaired) electrons. The molecule has 0 aromatic heterocycles. The molecule has 0 aliphatic rings. The molecule has 14 heavy (non-hydrogen) atoms. The van der Waals surface area contributed by atoms with Crippen molar-refractivity contribution in [1.82, 2.24) is 0 Å². The Morgan fingerprint density at radius 2 is 2.14 bits per heavy atom. The van der Waals surface area contributed by atoms with Gasteiger partial charge in [-0.3, -0.25) is 0 Å². The Hall–Kier alpha value is 0.440. The van der Waals surface area contributed by atoms with Gasteiger partial charge in [0.25, 0.3) is 0 Å². The molecule has 0 aliphatic heterocycles. The maximum atomic E-state index is 11.4. The van der Waals surface area contributed by atoms with Crippen LogP contribution >= 0.6 is 56.8 Å². The van der Waals surface area contributed by atoms with E-state index < -0.39 is 0 Å². The molecule has 2 nitrogen and oxygen atoms in total. The van der Waals surface area contributed by atoms with E-state index in [1.54, 1.807) is 19.1 Å². The zero-order valence-corrected chi connectivity index (χ0v) is 12.4. The van der Waals surface area contributed by atoms with E-state index >= 15 is 0 Å². The van der Waals surface area contributed by atoms with Crippen LogP contribution in [-0.4, -0.2) is 12.6 Å². The zero-order valence-electron chi connectivity index (χ0n) is 7.31. The van der Waals surface area contributed by atoms with Gasteiger partial charge in [0, 0.05) is 7.14 Å². The van der Waals surface area contributed by atoms with E-state index in [1.165, 1.54) is 0 Å². The molecule has 0 bridgehead atoms. The van der Waals surface area contributed by atoms with Crippen LogP contribution in [0.4, 0.5) is 0 Å². The van der Waals surface area contributed by atoms with Crippen LogP contribution < -0.4 is 0 Å². The second-order valence-electron chi connectivity index (χ2n) is 2.47. The van der Waals surface area contributed by atoms with Crippen molar-refractivity contribution in [3.05, 3.63) is 29.9 Å². The predicted octanol–water partition coefficient (Wildman–Crippen LogP) is 3.73. The van der Waals surface area contributed by atoms with E-state index in [4.69, 9.17) is 16.3 Å². The highest BCUT2D eigenvalue weighted by Crippen LogP contribution is 2.25. The van der Waals surface area contributed by atoms with Gasteiger partial charge in [0.2, 0.25) is 0 Å². The number of carbonyl (C=O) groups is 1. The van der Waals surface area contributed by atoms with Crippen molar-refractivity contribution in [2.75, 3.05) is 6.61 Å². The Morgan fingerprint density at radius 3 is 2.64 bits per heavy atom. The third-order valence-electron chi connectivity index (χ3n) is 1.49. The molecule has 5 heteroatoms. The molecule has 0 aliphatic carbocycles. The summed E-state index contributed by atoms with van der Waals surface area (Å²) in [6.45, 7) is 2.15. The molecule has 0 unspecified atom stereocenters. The molecule has 0 amide bonds. The van der Waals surface area contributed by atoms with Crippen molar-refractivity contribution in [1.29, 1.82) is 0 Å². The summed E-state index contributed by atoms with van der Waals surface area (Å²) in [6.07, 6.45) is 0. The van der Waals surface area contributed by atoms with Gasteiger partial charge in [0.05, 0.1) is 17.2 Å². The molecule has 0 fully saturated rings. The summed E-state index contributed by atoms with van der Waals surface area (Å²) in [7, 11) is 0. The van der Waals surface area contributed by atoms with Crippen molar-refractivity contribution in [3.8, 4) is 0 Å². The van der Waals surface area contributed by atoms with Crippen molar-refractivity contribution in [3.63, 3.8) is 0 Å². The van der Waals surface area contributed by atoms with Gasteiger partial charge in [-0.2, -0.15) is 0 Å². The zero-order chi connectivity index (χ0) is 10.7. The molecule has 0 atom stereocenters. The van der Waals surface area contributed by atoms with Gasteiger partial charge in [-0.15, -0.1) is 0 Å². The van der Waals surface area contributed by atoms with E-state index in [9.17, 15) is 4.79 Å². The van der Waals surface area contributed by atoms with E-state index in [1.807, 2.05) is 0 Å². The van der Waals surface area contributed by atoms with Gasteiger partial charge in [-0.1, -0.05) is 11.6 Å². The summed E-state index contributed by atoms with van der Waals surface area (Å²) in [4.78, 5) is 11.4. The molecule has 76 valence electrons. The van der Waals surface area contributed by atoms with Gasteiger partial charge in [0.1, 0.15) is 0 Å². The van der Waals surface area contributed by atoms with Crippen LogP contribution in [0.3, 0.4) is 0 Å². The van der Waals surface area contributed by atoms with Crippen molar-refractivity contribution in [2.45, 2.75) is 6.92 Å². The molecule has 1 aromatic rings. The number of esters is 1. The van der Waals surface area contributed by atoms with E-state index in [-0.39, 0.29) is 5.97 Å². The summed E-state index contributed by atoms with van der Waals surface area (Å²) in [5.74, 6) is -0.330. The first-order valence-electron chi connectivity index (χ1n) is 3.88. The van der Waals surface area contributed by atoms with Crippen LogP contribution in [0, 0.1) is 7.14 Å². The molecule has 0 saturated heterocycles. The summed E-state index contributed by atoms with van der Waals surface area (Å²) in [6, 6.07) is 3.40. The number of ether oxygens (including phenoxy) is 1. The molecular formula is C9H7ClI2O2. The average molecular weight is 436 g/mol. The molecule has 0 saturated carbocycles. The Morgan fingerprint density at radius 1 is 1.50 bits per heavy atom. The van der Waals surface area contributed by atoms with Gasteiger partial charge < -0.3 is 4.74 Å². The lowest BCUT2D eigenvalue weighted by Gasteiger charge is -2.05. The topological polar surface area (TPSA) is 26.3 Å². The van der Waals surface area contributed by atoms with Crippen LogP contribution in [-0.2, 0) is 4.74 Å². The quantitative estimate of drug-likeness (QED) is 0.401. The first kappa shape index (κ1) is 12.5. The minimum absolute atomic E-state index is 0.330. The third-order valence-corrected chi connectivity index (χ3v) is 5.16. The predicted molar refractivity (Wildman–Crippen MR) is 72.8 cm³/mol. The Kier molecular flexibility index (Phi) is 4.92. The smallest absolute Gasteiger partial charge is 0.338 e. The van der Waals surface area contributed by atoms with E-state index in [2.05, 4.69) is 45.2 Å². The molecule has 1 aromatic carbocycles. The number of carbonyl (C=O) groups excluding carboxylic acids is 1. The fourth-order valence-corrected chi connectivity index (χ4v) is 2.20. The minimum Gasteiger partial charge on any atom is -0.462 e. The van der Waals surface area contributed by atoms with Crippen molar-refractivity contribution < 1.29 is 9.53 Å². The van der Waals surface area contributed by atoms with E-state index in [0.29, 0.717) is 17.2 Å². The highest BCUT2D eigenvalue weighted by molar-refractivity contribution is 14.1. The first-order chi connectivity index (χ1) is 6.56. The summed E-state index contributed by atoms with van der Waals surface area (Å²) >= 11 is 10.2. The number of benzene rings is 1. The monoisotopic (exact) mass is 436 g/mol. The van der Waals surface area contributed by atoms with Crippen molar-refractivity contribution >= 4 is 62.8 Å². The molecule has 0 heterocycles. The number of rotatable bonds is 2. The number of hydrogen-bond donors (Lipinski definition) is 0. The van der Waals surface area contributed by atoms with Crippen LogP contribution in [0.15, 0.2) is 12.1 Å². The van der Waals surface area contributed by atoms with Crippen molar-refractivity contribution in [2.24, 2.45) is 0 Å². The Bertz CT molecular complexity index is 343. The van der Waals surface area contributed by atoms with E-state index in [0.717, 1.165) is 7.14 Å². The van der Waals surface area contributed by atoms with Gasteiger partial charge >= 0.3 is 5.97 Å². The normalized spacial score (nSPS) is 10.0. The number of hydrogen-bond acceptors (Lipinski definition) is 2. The minimum atomic E-state index is -0.330. The lowest BCUT2D eigenvalue weighted by molar-refractivity contribution is 0.0526. The second-order valence-corrected chi connectivity index (χ2v) is 5.12. The molecule has 0 spiro atoms. The maximum absolute atomic E-state index is 11.4. The first-order valence-corrected chi connectivity index (χ1v) is 6.41. The largest absolute Gasteiger partial charge is 0.462 e. The van der Waals surface area contributed by atoms with Gasteiger partial charge in [-0.05, 0) is 64.2 Å². The van der Waals surface area contributed by atoms with Crippen LogP contribution in [0.1, 0.15) is 17.3 Å². The fraction of sp³-hybridized carbons (Fsp3) is 0.222. The van der Waals surface area contributed by atoms with Gasteiger partial charge in [-0.25, -0.2) is 4.79 Å². The third kappa shape index (κ3) is 2.96.